The van der Waals surface area contributed by atoms with Crippen LogP contribution >= 0.6 is 0 Å². The van der Waals surface area contributed by atoms with E-state index in [-0.39, 0.29) is 6.04 Å². The van der Waals surface area contributed by atoms with Crippen molar-refractivity contribution in [1.82, 2.24) is 15.1 Å². The van der Waals surface area contributed by atoms with E-state index in [1.54, 1.807) is 0 Å². The van der Waals surface area contributed by atoms with E-state index in [0.29, 0.717) is 6.61 Å². The fraction of sp³-hybridized carbons (Fsp3) is 0.438. The third-order valence-corrected chi connectivity index (χ3v) is 3.28. The Morgan fingerprint density at radius 2 is 1.95 bits per heavy atom. The van der Waals surface area contributed by atoms with Gasteiger partial charge in [0.25, 0.3) is 0 Å². The van der Waals surface area contributed by atoms with Crippen LogP contribution < -0.4 is 10.1 Å². The summed E-state index contributed by atoms with van der Waals surface area (Å²) in [6.07, 6.45) is 2.94. The van der Waals surface area contributed by atoms with Gasteiger partial charge in [0.2, 0.25) is 0 Å². The predicted octanol–water partition coefficient (Wildman–Crippen LogP) is 2.91. The Hall–Kier alpha value is -1.81. The molecule has 0 fully saturated rings. The van der Waals surface area contributed by atoms with Gasteiger partial charge in [-0.05, 0) is 43.7 Å². The van der Waals surface area contributed by atoms with Crippen LogP contribution in [0.25, 0.3) is 0 Å². The number of nitrogens with one attached hydrogen (secondary N) is 1. The second-order valence-electron chi connectivity index (χ2n) is 4.77. The van der Waals surface area contributed by atoms with Gasteiger partial charge in [0.15, 0.2) is 0 Å². The van der Waals surface area contributed by atoms with E-state index in [9.17, 15) is 0 Å². The van der Waals surface area contributed by atoms with Crippen molar-refractivity contribution in [2.75, 3.05) is 13.2 Å². The van der Waals surface area contributed by atoms with E-state index in [4.69, 9.17) is 4.74 Å². The number of nitrogens with zero attached hydrogens (tertiary/aromatic N) is 2. The van der Waals surface area contributed by atoms with E-state index in [1.807, 2.05) is 37.0 Å². The molecule has 4 heteroatoms. The van der Waals surface area contributed by atoms with Crippen LogP contribution in [0.4, 0.5) is 0 Å². The molecule has 108 valence electrons. The molecular weight excluding hydrogens is 250 g/mol. The lowest BCUT2D eigenvalue weighted by molar-refractivity contribution is 0.340. The Balaban J connectivity index is 2.24. The van der Waals surface area contributed by atoms with Crippen LogP contribution in [0, 0.1) is 0 Å². The van der Waals surface area contributed by atoms with Gasteiger partial charge < -0.3 is 10.1 Å². The van der Waals surface area contributed by atoms with Gasteiger partial charge >= 0.3 is 0 Å². The van der Waals surface area contributed by atoms with Gasteiger partial charge in [0.1, 0.15) is 5.75 Å². The Labute approximate surface area is 120 Å². The molecule has 0 aliphatic carbocycles. The molecule has 0 saturated heterocycles. The molecule has 1 atom stereocenters. The molecule has 4 nitrogen and oxygen atoms in total. The number of hydrogen-bond donors (Lipinski definition) is 1. The molecule has 0 bridgehead atoms. The van der Waals surface area contributed by atoms with Crippen LogP contribution in [0.3, 0.4) is 0 Å². The predicted molar refractivity (Wildman–Crippen MR) is 81.0 cm³/mol. The van der Waals surface area contributed by atoms with Crippen molar-refractivity contribution in [3.63, 3.8) is 0 Å². The largest absolute Gasteiger partial charge is 0.494 e. The molecule has 2 aromatic rings. The van der Waals surface area contributed by atoms with Crippen molar-refractivity contribution in [2.24, 2.45) is 7.05 Å². The minimum atomic E-state index is 0.165. The van der Waals surface area contributed by atoms with Gasteiger partial charge in [-0.2, -0.15) is 5.10 Å². The van der Waals surface area contributed by atoms with Crippen molar-refractivity contribution in [3.8, 4) is 5.75 Å². The lowest BCUT2D eigenvalue weighted by Gasteiger charge is -2.19. The Bertz CT molecular complexity index is 519. The van der Waals surface area contributed by atoms with Crippen LogP contribution in [-0.4, -0.2) is 22.9 Å². The van der Waals surface area contributed by atoms with Gasteiger partial charge in [0, 0.05) is 13.2 Å². The molecule has 0 aliphatic rings. The van der Waals surface area contributed by atoms with Crippen LogP contribution in [0.1, 0.15) is 37.6 Å². The normalized spacial score (nSPS) is 12.3. The molecule has 0 amide bonds. The maximum Gasteiger partial charge on any atom is 0.119 e. The Kier molecular flexibility index (Phi) is 5.18. The van der Waals surface area contributed by atoms with Crippen LogP contribution in [0.5, 0.6) is 5.75 Å². The summed E-state index contributed by atoms with van der Waals surface area (Å²) >= 11 is 0. The Morgan fingerprint density at radius 3 is 2.50 bits per heavy atom. The van der Waals surface area contributed by atoms with Crippen LogP contribution in [0.2, 0.25) is 0 Å². The highest BCUT2D eigenvalue weighted by Crippen LogP contribution is 2.23. The molecule has 2 rings (SSSR count). The van der Waals surface area contributed by atoms with Gasteiger partial charge in [-0.3, -0.25) is 4.68 Å². The smallest absolute Gasteiger partial charge is 0.119 e. The Morgan fingerprint density at radius 1 is 1.20 bits per heavy atom. The lowest BCUT2D eigenvalue weighted by atomic mass is 10.0. The van der Waals surface area contributed by atoms with Gasteiger partial charge in [0.05, 0.1) is 18.3 Å². The number of aromatic nitrogens is 2. The van der Waals surface area contributed by atoms with Crippen molar-refractivity contribution < 1.29 is 4.74 Å². The minimum absolute atomic E-state index is 0.165. The van der Waals surface area contributed by atoms with E-state index in [1.165, 1.54) is 11.3 Å². The molecule has 1 unspecified atom stereocenters. The average Bonchev–Trinajstić information content (AvgIpc) is 2.88. The van der Waals surface area contributed by atoms with Crippen molar-refractivity contribution in [1.29, 1.82) is 0 Å². The lowest BCUT2D eigenvalue weighted by Crippen LogP contribution is -2.25. The summed E-state index contributed by atoms with van der Waals surface area (Å²) in [4.78, 5) is 0. The molecule has 0 aliphatic heterocycles. The maximum atomic E-state index is 5.50. The van der Waals surface area contributed by atoms with Crippen molar-refractivity contribution in [3.05, 3.63) is 47.8 Å². The molecule has 1 aromatic heterocycles. The number of aryl methyl sites for hydroxylation is 1. The first-order chi connectivity index (χ1) is 9.76. The van der Waals surface area contributed by atoms with E-state index in [0.717, 1.165) is 18.7 Å². The van der Waals surface area contributed by atoms with E-state index < -0.39 is 0 Å². The molecular formula is C16H23N3O. The highest BCUT2D eigenvalue weighted by molar-refractivity contribution is 5.33. The third kappa shape index (κ3) is 3.39. The zero-order valence-electron chi connectivity index (χ0n) is 12.5. The van der Waals surface area contributed by atoms with Gasteiger partial charge in [-0.15, -0.1) is 0 Å². The summed E-state index contributed by atoms with van der Waals surface area (Å²) in [6.45, 7) is 5.84. The van der Waals surface area contributed by atoms with Crippen molar-refractivity contribution >= 4 is 0 Å². The first-order valence-electron chi connectivity index (χ1n) is 7.20. The fourth-order valence-corrected chi connectivity index (χ4v) is 2.27. The number of rotatable bonds is 7. The van der Waals surface area contributed by atoms with E-state index in [2.05, 4.69) is 35.5 Å². The molecule has 20 heavy (non-hydrogen) atoms. The second-order valence-corrected chi connectivity index (χ2v) is 4.77. The molecule has 1 heterocycles. The molecule has 1 aromatic carbocycles. The average molecular weight is 273 g/mol. The monoisotopic (exact) mass is 273 g/mol. The topological polar surface area (TPSA) is 39.1 Å². The van der Waals surface area contributed by atoms with E-state index >= 15 is 0 Å². The minimum Gasteiger partial charge on any atom is -0.494 e. The summed E-state index contributed by atoms with van der Waals surface area (Å²) in [5.74, 6) is 0.912. The van der Waals surface area contributed by atoms with Gasteiger partial charge in [-0.1, -0.05) is 19.1 Å². The SMILES string of the molecule is CCCNC(c1ccc(OCC)cc1)c1ccnn1C. The van der Waals surface area contributed by atoms with Crippen molar-refractivity contribution in [2.45, 2.75) is 26.3 Å². The van der Waals surface area contributed by atoms with Crippen LogP contribution in [-0.2, 0) is 7.05 Å². The van der Waals surface area contributed by atoms with Gasteiger partial charge in [-0.25, -0.2) is 0 Å². The molecule has 0 radical (unpaired) electrons. The first kappa shape index (κ1) is 14.6. The summed E-state index contributed by atoms with van der Waals surface area (Å²) in [5, 5.41) is 7.85. The highest BCUT2D eigenvalue weighted by atomic mass is 16.5. The van der Waals surface area contributed by atoms with Crippen LogP contribution in [0.15, 0.2) is 36.5 Å². The zero-order valence-corrected chi connectivity index (χ0v) is 12.5. The summed E-state index contributed by atoms with van der Waals surface area (Å²) in [7, 11) is 1.98. The standard InChI is InChI=1S/C16H23N3O/c1-4-11-17-16(15-10-12-18-19(15)3)13-6-8-14(9-7-13)20-5-2/h6-10,12,16-17H,4-5,11H2,1-3H3. The molecule has 1 N–H and O–H groups in total. The zero-order chi connectivity index (χ0) is 14.4. The third-order valence-electron chi connectivity index (χ3n) is 3.28. The quantitative estimate of drug-likeness (QED) is 0.843. The molecule has 0 spiro atoms. The first-order valence-corrected chi connectivity index (χ1v) is 7.20. The number of benzene rings is 1. The summed E-state index contributed by atoms with van der Waals surface area (Å²) in [5.41, 5.74) is 2.40. The summed E-state index contributed by atoms with van der Waals surface area (Å²) < 4.78 is 7.42. The number of ether oxygens (including phenoxy) is 1. The maximum absolute atomic E-state index is 5.50. The summed E-state index contributed by atoms with van der Waals surface area (Å²) in [6, 6.07) is 10.5. The second kappa shape index (κ2) is 7.10. The fourth-order valence-electron chi connectivity index (χ4n) is 2.27. The number of hydrogen-bond acceptors (Lipinski definition) is 3. The highest BCUT2D eigenvalue weighted by Gasteiger charge is 2.16. The molecule has 0 saturated carbocycles.